The molecule has 0 amide bonds. The fraction of sp³-hybridized carbons (Fsp3) is 0.583. The summed E-state index contributed by atoms with van der Waals surface area (Å²) in [6.45, 7) is 4.24. The zero-order chi connectivity index (χ0) is 12.4. The SMILES string of the molecule is CC1CN(c2nccc(CO)c2F)CCN1C. The lowest BCUT2D eigenvalue weighted by Gasteiger charge is -2.38. The fourth-order valence-corrected chi connectivity index (χ4v) is 2.05. The Kier molecular flexibility index (Phi) is 3.59. The number of nitrogens with zero attached hydrogens (tertiary/aromatic N) is 3. The lowest BCUT2D eigenvalue weighted by atomic mass is 10.2. The van der Waals surface area contributed by atoms with Crippen molar-refractivity contribution in [3.63, 3.8) is 0 Å². The maximum Gasteiger partial charge on any atom is 0.171 e. The third-order valence-electron chi connectivity index (χ3n) is 3.38. The number of hydrogen-bond donors (Lipinski definition) is 1. The molecule has 1 N–H and O–H groups in total. The first kappa shape index (κ1) is 12.3. The van der Waals surface area contributed by atoms with Gasteiger partial charge >= 0.3 is 0 Å². The van der Waals surface area contributed by atoms with E-state index in [0.717, 1.165) is 19.6 Å². The topological polar surface area (TPSA) is 39.6 Å². The smallest absolute Gasteiger partial charge is 0.171 e. The molecule has 1 aliphatic heterocycles. The molecule has 2 heterocycles. The molecular formula is C12H18FN3O. The molecule has 17 heavy (non-hydrogen) atoms. The molecule has 1 unspecified atom stereocenters. The van der Waals surface area contributed by atoms with Crippen LogP contribution in [0.25, 0.3) is 0 Å². The van der Waals surface area contributed by atoms with Crippen molar-refractivity contribution in [3.05, 3.63) is 23.6 Å². The van der Waals surface area contributed by atoms with E-state index in [1.54, 1.807) is 6.20 Å². The van der Waals surface area contributed by atoms with E-state index < -0.39 is 5.82 Å². The highest BCUT2D eigenvalue weighted by molar-refractivity contribution is 5.43. The van der Waals surface area contributed by atoms with Crippen molar-refractivity contribution in [2.45, 2.75) is 19.6 Å². The van der Waals surface area contributed by atoms with Crippen molar-refractivity contribution in [3.8, 4) is 0 Å². The summed E-state index contributed by atoms with van der Waals surface area (Å²) in [6, 6.07) is 1.89. The van der Waals surface area contributed by atoms with Crippen LogP contribution in [0.5, 0.6) is 0 Å². The third kappa shape index (κ3) is 2.40. The number of hydrogen-bond acceptors (Lipinski definition) is 4. The lowest BCUT2D eigenvalue weighted by Crippen LogP contribution is -2.50. The van der Waals surface area contributed by atoms with Gasteiger partial charge in [-0.1, -0.05) is 0 Å². The number of aromatic nitrogens is 1. The van der Waals surface area contributed by atoms with Gasteiger partial charge in [0.25, 0.3) is 0 Å². The Hall–Kier alpha value is -1.20. The van der Waals surface area contributed by atoms with Crippen molar-refractivity contribution in [2.75, 3.05) is 31.6 Å². The van der Waals surface area contributed by atoms with Crippen LogP contribution in [-0.4, -0.2) is 47.7 Å². The molecule has 0 radical (unpaired) electrons. The predicted octanol–water partition coefficient (Wildman–Crippen LogP) is 0.853. The van der Waals surface area contributed by atoms with E-state index >= 15 is 0 Å². The highest BCUT2D eigenvalue weighted by Crippen LogP contribution is 2.22. The minimum absolute atomic E-state index is 0.287. The zero-order valence-electron chi connectivity index (χ0n) is 10.2. The molecule has 0 saturated carbocycles. The van der Waals surface area contributed by atoms with E-state index in [4.69, 9.17) is 5.11 Å². The molecule has 1 atom stereocenters. The molecular weight excluding hydrogens is 221 g/mol. The summed E-state index contributed by atoms with van der Waals surface area (Å²) in [5.41, 5.74) is 0.307. The van der Waals surface area contributed by atoms with Crippen LogP contribution in [0.4, 0.5) is 10.2 Å². The minimum Gasteiger partial charge on any atom is -0.392 e. The third-order valence-corrected chi connectivity index (χ3v) is 3.38. The molecule has 1 aromatic heterocycles. The number of aliphatic hydroxyl groups excluding tert-OH is 1. The van der Waals surface area contributed by atoms with Gasteiger partial charge in [-0.3, -0.25) is 0 Å². The Morgan fingerprint density at radius 1 is 1.53 bits per heavy atom. The molecule has 94 valence electrons. The molecule has 1 fully saturated rings. The number of halogens is 1. The average molecular weight is 239 g/mol. The van der Waals surface area contributed by atoms with Crippen molar-refractivity contribution < 1.29 is 9.50 Å². The van der Waals surface area contributed by atoms with Gasteiger partial charge < -0.3 is 14.9 Å². The molecule has 0 bridgehead atoms. The van der Waals surface area contributed by atoms with Gasteiger partial charge in [-0.2, -0.15) is 0 Å². The Labute approximate surface area is 101 Å². The van der Waals surface area contributed by atoms with E-state index in [2.05, 4.69) is 23.9 Å². The van der Waals surface area contributed by atoms with Crippen LogP contribution in [0.3, 0.4) is 0 Å². The highest BCUT2D eigenvalue weighted by atomic mass is 19.1. The monoisotopic (exact) mass is 239 g/mol. The second-order valence-electron chi connectivity index (χ2n) is 4.54. The number of piperazine rings is 1. The first-order chi connectivity index (χ1) is 8.13. The van der Waals surface area contributed by atoms with Crippen LogP contribution in [-0.2, 0) is 6.61 Å². The molecule has 1 aliphatic rings. The van der Waals surface area contributed by atoms with Crippen LogP contribution in [0.15, 0.2) is 12.3 Å². The van der Waals surface area contributed by atoms with Gasteiger partial charge in [-0.15, -0.1) is 0 Å². The normalized spacial score (nSPS) is 21.9. The first-order valence-corrected chi connectivity index (χ1v) is 5.83. The van der Waals surface area contributed by atoms with Crippen molar-refractivity contribution in [2.24, 2.45) is 0 Å². The van der Waals surface area contributed by atoms with Crippen LogP contribution < -0.4 is 4.90 Å². The van der Waals surface area contributed by atoms with E-state index in [1.807, 2.05) is 4.90 Å². The molecule has 5 heteroatoms. The summed E-state index contributed by atoms with van der Waals surface area (Å²) in [7, 11) is 2.07. The number of anilines is 1. The molecule has 1 saturated heterocycles. The second-order valence-corrected chi connectivity index (χ2v) is 4.54. The maximum absolute atomic E-state index is 14.0. The largest absolute Gasteiger partial charge is 0.392 e. The van der Waals surface area contributed by atoms with Crippen molar-refractivity contribution in [1.82, 2.24) is 9.88 Å². The van der Waals surface area contributed by atoms with Gasteiger partial charge in [0.05, 0.1) is 6.61 Å². The first-order valence-electron chi connectivity index (χ1n) is 5.83. The molecule has 0 aromatic carbocycles. The van der Waals surface area contributed by atoms with Crippen LogP contribution >= 0.6 is 0 Å². The van der Waals surface area contributed by atoms with Crippen LogP contribution in [0.1, 0.15) is 12.5 Å². The minimum atomic E-state index is -0.397. The zero-order valence-corrected chi connectivity index (χ0v) is 10.2. The van der Waals surface area contributed by atoms with Gasteiger partial charge in [0.1, 0.15) is 0 Å². The van der Waals surface area contributed by atoms with Gasteiger partial charge in [-0.05, 0) is 20.0 Å². The van der Waals surface area contributed by atoms with E-state index in [1.165, 1.54) is 6.07 Å². The predicted molar refractivity (Wildman–Crippen MR) is 64.4 cm³/mol. The summed E-state index contributed by atoms with van der Waals surface area (Å²) < 4.78 is 14.0. The summed E-state index contributed by atoms with van der Waals surface area (Å²) >= 11 is 0. The number of pyridine rings is 1. The van der Waals surface area contributed by atoms with Crippen LogP contribution in [0, 0.1) is 5.82 Å². The Balaban J connectivity index is 2.23. The van der Waals surface area contributed by atoms with Crippen LogP contribution in [0.2, 0.25) is 0 Å². The van der Waals surface area contributed by atoms with Crippen molar-refractivity contribution in [1.29, 1.82) is 0 Å². The molecule has 0 aliphatic carbocycles. The van der Waals surface area contributed by atoms with Crippen molar-refractivity contribution >= 4 is 5.82 Å². The summed E-state index contributed by atoms with van der Waals surface area (Å²) in [4.78, 5) is 8.28. The Bertz CT molecular complexity index is 399. The Morgan fingerprint density at radius 2 is 2.29 bits per heavy atom. The van der Waals surface area contributed by atoms with Gasteiger partial charge in [0.2, 0.25) is 0 Å². The fourth-order valence-electron chi connectivity index (χ4n) is 2.05. The van der Waals surface area contributed by atoms with E-state index in [9.17, 15) is 4.39 Å². The Morgan fingerprint density at radius 3 is 2.94 bits per heavy atom. The molecule has 1 aromatic rings. The quantitative estimate of drug-likeness (QED) is 0.830. The lowest BCUT2D eigenvalue weighted by molar-refractivity contribution is 0.232. The molecule has 4 nitrogen and oxygen atoms in total. The van der Waals surface area contributed by atoms with E-state index in [0.29, 0.717) is 17.4 Å². The number of aliphatic hydroxyl groups is 1. The van der Waals surface area contributed by atoms with Gasteiger partial charge in [0.15, 0.2) is 11.6 Å². The summed E-state index contributed by atoms with van der Waals surface area (Å²) in [5.74, 6) is -0.0387. The van der Waals surface area contributed by atoms with E-state index in [-0.39, 0.29) is 6.61 Å². The molecule has 2 rings (SSSR count). The average Bonchev–Trinajstić information content (AvgIpc) is 2.33. The maximum atomic E-state index is 14.0. The second kappa shape index (κ2) is 4.98. The summed E-state index contributed by atoms with van der Waals surface area (Å²) in [6.07, 6.45) is 1.55. The summed E-state index contributed by atoms with van der Waals surface area (Å²) in [5, 5.41) is 9.04. The number of likely N-dealkylation sites (N-methyl/N-ethyl adjacent to an activating group) is 1. The highest BCUT2D eigenvalue weighted by Gasteiger charge is 2.24. The number of rotatable bonds is 2. The van der Waals surface area contributed by atoms with Gasteiger partial charge in [0, 0.05) is 37.4 Å². The molecule has 0 spiro atoms. The van der Waals surface area contributed by atoms with Gasteiger partial charge in [-0.25, -0.2) is 9.37 Å². The standard InChI is InChI=1S/C12H18FN3O/c1-9-7-16(6-5-15(9)2)12-11(13)10(8-17)3-4-14-12/h3-4,9,17H,5-8H2,1-2H3.